The lowest BCUT2D eigenvalue weighted by Gasteiger charge is -2.35. The fourth-order valence-electron chi connectivity index (χ4n) is 2.69. The lowest BCUT2D eigenvalue weighted by molar-refractivity contribution is 0.172. The van der Waals surface area contributed by atoms with Crippen molar-refractivity contribution >= 4 is 11.3 Å². The summed E-state index contributed by atoms with van der Waals surface area (Å²) in [6.07, 6.45) is 3.40. The third-order valence-corrected chi connectivity index (χ3v) is 4.78. The molecule has 0 aliphatic carbocycles. The summed E-state index contributed by atoms with van der Waals surface area (Å²) >= 11 is 1.83. The third-order valence-electron chi connectivity index (χ3n) is 3.59. The van der Waals surface area contributed by atoms with E-state index in [1.807, 2.05) is 11.3 Å². The van der Waals surface area contributed by atoms with Crippen LogP contribution in [0.5, 0.6) is 5.06 Å². The number of rotatable bonds is 1. The average molecular weight is 238 g/mol. The fourth-order valence-corrected chi connectivity index (χ4v) is 3.97. The van der Waals surface area contributed by atoms with Crippen LogP contribution >= 0.6 is 11.3 Å². The molecule has 0 saturated carbocycles. The number of ether oxygens (including phenoxy) is 1. The largest absolute Gasteiger partial charge is 0.483 e. The van der Waals surface area contributed by atoms with E-state index in [1.165, 1.54) is 16.9 Å². The number of thiophene rings is 1. The highest BCUT2D eigenvalue weighted by atomic mass is 32.1. The van der Waals surface area contributed by atoms with Crippen molar-refractivity contribution in [2.75, 3.05) is 20.2 Å². The van der Waals surface area contributed by atoms with Gasteiger partial charge in [-0.2, -0.15) is 0 Å². The Bertz CT molecular complexity index is 369. The highest BCUT2D eigenvalue weighted by molar-refractivity contribution is 7.14. The molecule has 3 rings (SSSR count). The first-order chi connectivity index (χ1) is 7.74. The van der Waals surface area contributed by atoms with Crippen molar-refractivity contribution in [3.8, 4) is 5.06 Å². The fraction of sp³-hybridized carbons (Fsp3) is 0.667. The van der Waals surface area contributed by atoms with Crippen molar-refractivity contribution in [2.24, 2.45) is 5.73 Å². The molecule has 3 heterocycles. The molecule has 16 heavy (non-hydrogen) atoms. The van der Waals surface area contributed by atoms with Gasteiger partial charge in [-0.3, -0.25) is 4.90 Å². The first-order valence-electron chi connectivity index (χ1n) is 5.95. The van der Waals surface area contributed by atoms with Gasteiger partial charge in [0.05, 0.1) is 6.61 Å². The lowest BCUT2D eigenvalue weighted by atomic mass is 9.98. The van der Waals surface area contributed by atoms with Gasteiger partial charge in [0.1, 0.15) is 0 Å². The maximum Gasteiger partial charge on any atom is 0.177 e. The van der Waals surface area contributed by atoms with Crippen molar-refractivity contribution < 1.29 is 4.74 Å². The number of fused-ring (bicyclic) bond motifs is 1. The van der Waals surface area contributed by atoms with Crippen LogP contribution in [0.15, 0.2) is 6.07 Å². The van der Waals surface area contributed by atoms with E-state index in [0.29, 0.717) is 12.1 Å². The summed E-state index contributed by atoms with van der Waals surface area (Å²) in [6, 6.07) is 3.24. The van der Waals surface area contributed by atoms with E-state index in [9.17, 15) is 0 Å². The van der Waals surface area contributed by atoms with Crippen molar-refractivity contribution in [3.63, 3.8) is 0 Å². The summed E-state index contributed by atoms with van der Waals surface area (Å²) in [5.74, 6) is 0. The molecule has 2 aliphatic heterocycles. The van der Waals surface area contributed by atoms with Gasteiger partial charge in [-0.1, -0.05) is 0 Å². The Balaban J connectivity index is 1.81. The second kappa shape index (κ2) is 4.02. The summed E-state index contributed by atoms with van der Waals surface area (Å²) in [5, 5.41) is 1.15. The SMILES string of the molecule is CN1CC(N)CCC1c1cc2c(s1)OCC2. The molecule has 2 N–H and O–H groups in total. The van der Waals surface area contributed by atoms with Crippen LogP contribution in [0.4, 0.5) is 0 Å². The Morgan fingerprint density at radius 2 is 2.38 bits per heavy atom. The molecule has 0 aromatic carbocycles. The number of piperidine rings is 1. The van der Waals surface area contributed by atoms with Gasteiger partial charge in [0, 0.05) is 35.5 Å². The first kappa shape index (κ1) is 10.6. The molecule has 0 bridgehead atoms. The normalized spacial score (nSPS) is 30.1. The van der Waals surface area contributed by atoms with Crippen molar-refractivity contribution in [1.82, 2.24) is 4.90 Å². The van der Waals surface area contributed by atoms with Gasteiger partial charge in [-0.15, -0.1) is 11.3 Å². The van der Waals surface area contributed by atoms with E-state index in [0.717, 1.165) is 31.1 Å². The Labute approximate surface area is 100 Å². The Kier molecular flexibility index (Phi) is 2.65. The minimum absolute atomic E-state index is 0.351. The van der Waals surface area contributed by atoms with E-state index in [1.54, 1.807) is 0 Å². The smallest absolute Gasteiger partial charge is 0.177 e. The zero-order chi connectivity index (χ0) is 11.1. The second-order valence-electron chi connectivity index (χ2n) is 4.85. The minimum atomic E-state index is 0.351. The van der Waals surface area contributed by atoms with Crippen molar-refractivity contribution in [2.45, 2.75) is 31.3 Å². The van der Waals surface area contributed by atoms with Crippen LogP contribution in [0, 0.1) is 0 Å². The molecule has 0 amide bonds. The molecule has 1 aromatic rings. The number of likely N-dealkylation sites (tertiary alicyclic amines) is 1. The number of hydrogen-bond acceptors (Lipinski definition) is 4. The summed E-state index contributed by atoms with van der Waals surface area (Å²) in [5.41, 5.74) is 7.38. The van der Waals surface area contributed by atoms with Gasteiger partial charge in [-0.25, -0.2) is 0 Å². The minimum Gasteiger partial charge on any atom is -0.483 e. The van der Waals surface area contributed by atoms with E-state index in [4.69, 9.17) is 10.5 Å². The van der Waals surface area contributed by atoms with E-state index >= 15 is 0 Å². The number of nitrogens with zero attached hydrogens (tertiary/aromatic N) is 1. The number of hydrogen-bond donors (Lipinski definition) is 1. The van der Waals surface area contributed by atoms with E-state index < -0.39 is 0 Å². The van der Waals surface area contributed by atoms with Gasteiger partial charge >= 0.3 is 0 Å². The zero-order valence-electron chi connectivity index (χ0n) is 9.61. The standard InChI is InChI=1S/C12H18N2OS/c1-14-7-9(13)2-3-10(14)11-6-8-4-5-15-12(8)16-11/h6,9-10H,2-5,7,13H2,1H3. The van der Waals surface area contributed by atoms with Gasteiger partial charge in [-0.05, 0) is 26.0 Å². The molecule has 2 atom stereocenters. The molecular weight excluding hydrogens is 220 g/mol. The van der Waals surface area contributed by atoms with Gasteiger partial charge < -0.3 is 10.5 Å². The summed E-state index contributed by atoms with van der Waals surface area (Å²) < 4.78 is 5.60. The maximum absolute atomic E-state index is 5.97. The topological polar surface area (TPSA) is 38.5 Å². The van der Waals surface area contributed by atoms with Gasteiger partial charge in [0.2, 0.25) is 0 Å². The summed E-state index contributed by atoms with van der Waals surface area (Å²) in [7, 11) is 2.18. The summed E-state index contributed by atoms with van der Waals surface area (Å²) in [4.78, 5) is 3.84. The van der Waals surface area contributed by atoms with Crippen LogP contribution in [0.1, 0.15) is 29.3 Å². The molecule has 1 saturated heterocycles. The first-order valence-corrected chi connectivity index (χ1v) is 6.77. The predicted octanol–water partition coefficient (Wildman–Crippen LogP) is 1.78. The molecule has 1 aromatic heterocycles. The van der Waals surface area contributed by atoms with E-state index in [-0.39, 0.29) is 0 Å². The molecule has 4 heteroatoms. The highest BCUT2D eigenvalue weighted by Crippen LogP contribution is 2.41. The highest BCUT2D eigenvalue weighted by Gasteiger charge is 2.28. The van der Waals surface area contributed by atoms with Crippen LogP contribution in [-0.4, -0.2) is 31.1 Å². The third kappa shape index (κ3) is 1.75. The Morgan fingerprint density at radius 3 is 3.12 bits per heavy atom. The van der Waals surface area contributed by atoms with Crippen LogP contribution in [0.3, 0.4) is 0 Å². The number of nitrogens with two attached hydrogens (primary N) is 1. The van der Waals surface area contributed by atoms with Crippen molar-refractivity contribution in [1.29, 1.82) is 0 Å². The average Bonchev–Trinajstić information content (AvgIpc) is 2.76. The summed E-state index contributed by atoms with van der Waals surface area (Å²) in [6.45, 7) is 1.88. The van der Waals surface area contributed by atoms with Crippen molar-refractivity contribution in [3.05, 3.63) is 16.5 Å². The molecule has 2 unspecified atom stereocenters. The van der Waals surface area contributed by atoms with Crippen LogP contribution < -0.4 is 10.5 Å². The predicted molar refractivity (Wildman–Crippen MR) is 66.1 cm³/mol. The van der Waals surface area contributed by atoms with Crippen LogP contribution in [-0.2, 0) is 6.42 Å². The Morgan fingerprint density at radius 1 is 1.50 bits per heavy atom. The van der Waals surface area contributed by atoms with E-state index in [2.05, 4.69) is 18.0 Å². The molecule has 1 fully saturated rings. The van der Waals surface area contributed by atoms with Crippen LogP contribution in [0.2, 0.25) is 0 Å². The zero-order valence-corrected chi connectivity index (χ0v) is 10.4. The van der Waals surface area contributed by atoms with Crippen LogP contribution in [0.25, 0.3) is 0 Å². The second-order valence-corrected chi connectivity index (χ2v) is 5.90. The number of likely N-dealkylation sites (N-methyl/N-ethyl adjacent to an activating group) is 1. The molecule has 3 nitrogen and oxygen atoms in total. The maximum atomic E-state index is 5.97. The molecule has 0 spiro atoms. The monoisotopic (exact) mass is 238 g/mol. The Hall–Kier alpha value is -0.580. The molecule has 88 valence electrons. The van der Waals surface area contributed by atoms with Gasteiger partial charge in [0.25, 0.3) is 0 Å². The molecule has 2 aliphatic rings. The molecule has 0 radical (unpaired) electrons. The molecular formula is C12H18N2OS. The lowest BCUT2D eigenvalue weighted by Crippen LogP contribution is -2.42. The van der Waals surface area contributed by atoms with Gasteiger partial charge in [0.15, 0.2) is 5.06 Å². The quantitative estimate of drug-likeness (QED) is 0.810.